The van der Waals surface area contributed by atoms with Gasteiger partial charge in [0.1, 0.15) is 6.04 Å². The number of rotatable bonds is 4. The third kappa shape index (κ3) is 3.39. The van der Waals surface area contributed by atoms with Crippen molar-refractivity contribution in [1.29, 1.82) is 0 Å². The number of hydrogen-bond donors (Lipinski definition) is 2. The molecule has 1 amide bonds. The van der Waals surface area contributed by atoms with E-state index in [-0.39, 0.29) is 11.3 Å². The van der Waals surface area contributed by atoms with Crippen LogP contribution in [0.2, 0.25) is 0 Å². The van der Waals surface area contributed by atoms with E-state index in [4.69, 9.17) is 0 Å². The molecule has 0 unspecified atom stereocenters. The Hall–Kier alpha value is -1.67. The Morgan fingerprint density at radius 3 is 2.67 bits per heavy atom. The minimum absolute atomic E-state index is 0.0383. The number of carbonyl (C=O) groups excluding carboxylic acids is 1. The topological polar surface area (TPSA) is 85.8 Å². The quantitative estimate of drug-likeness (QED) is 0.854. The molecule has 8 heteroatoms. The number of amides is 1. The van der Waals surface area contributed by atoms with Crippen LogP contribution in [0.3, 0.4) is 0 Å². The van der Waals surface area contributed by atoms with Crippen LogP contribution >= 0.6 is 11.3 Å². The normalized spacial score (nSPS) is 23.6. The Bertz CT molecular complexity index is 601. The van der Waals surface area contributed by atoms with Crippen molar-refractivity contribution in [2.75, 3.05) is 32.0 Å². The number of anilines is 1. The van der Waals surface area contributed by atoms with Gasteiger partial charge < -0.3 is 15.3 Å². The Balaban J connectivity index is 1.60. The summed E-state index contributed by atoms with van der Waals surface area (Å²) in [5.74, 6) is -1.02. The first-order valence-electron chi connectivity index (χ1n) is 8.27. The molecule has 7 nitrogen and oxygen atoms in total. The highest BCUT2D eigenvalue weighted by Gasteiger charge is 2.49. The van der Waals surface area contributed by atoms with Gasteiger partial charge in [0, 0.05) is 32.4 Å². The number of hydrogen-bond acceptors (Lipinski definition) is 6. The third-order valence-electron chi connectivity index (χ3n) is 5.27. The van der Waals surface area contributed by atoms with Crippen LogP contribution in [-0.4, -0.2) is 64.5 Å². The highest BCUT2D eigenvalue weighted by Crippen LogP contribution is 2.43. The van der Waals surface area contributed by atoms with Gasteiger partial charge in [-0.25, -0.2) is 9.78 Å². The van der Waals surface area contributed by atoms with Gasteiger partial charge in [0.05, 0.1) is 5.69 Å². The molecule has 24 heavy (non-hydrogen) atoms. The predicted molar refractivity (Wildman–Crippen MR) is 92.0 cm³/mol. The van der Waals surface area contributed by atoms with Gasteiger partial charge in [-0.15, -0.1) is 11.3 Å². The summed E-state index contributed by atoms with van der Waals surface area (Å²) < 4.78 is 0. The number of carbonyl (C=O) groups is 2. The van der Waals surface area contributed by atoms with Crippen molar-refractivity contribution in [3.8, 4) is 0 Å². The van der Waals surface area contributed by atoms with Crippen LogP contribution in [-0.2, 0) is 16.1 Å². The van der Waals surface area contributed by atoms with Crippen LogP contribution in [0.5, 0.6) is 0 Å². The summed E-state index contributed by atoms with van der Waals surface area (Å²) in [6.45, 7) is 4.71. The summed E-state index contributed by atoms with van der Waals surface area (Å²) in [7, 11) is 1.87. The lowest BCUT2D eigenvalue weighted by molar-refractivity contribution is -0.147. The largest absolute Gasteiger partial charge is 0.480 e. The molecule has 0 radical (unpaired) electrons. The van der Waals surface area contributed by atoms with Crippen LogP contribution in [0.1, 0.15) is 31.9 Å². The molecule has 132 valence electrons. The standard InChI is InChI=1S/C16H24N4O3S/c1-11(21)20-10-16(7-13(20)14(22)23)3-5-19(6-4-16)8-12-9-24-15(17-2)18-12/h9,13H,3-8,10H2,1-2H3,(H,17,18)(H,22,23)/t13-/m0/s1. The number of aromatic nitrogens is 1. The van der Waals surface area contributed by atoms with Gasteiger partial charge in [-0.2, -0.15) is 0 Å². The monoisotopic (exact) mass is 352 g/mol. The molecular weight excluding hydrogens is 328 g/mol. The molecule has 1 aromatic heterocycles. The minimum Gasteiger partial charge on any atom is -0.480 e. The molecule has 0 saturated carbocycles. The van der Waals surface area contributed by atoms with Crippen molar-refractivity contribution >= 4 is 28.3 Å². The van der Waals surface area contributed by atoms with E-state index in [0.29, 0.717) is 13.0 Å². The zero-order valence-corrected chi connectivity index (χ0v) is 14.9. The summed E-state index contributed by atoms with van der Waals surface area (Å²) in [4.78, 5) is 31.6. The minimum atomic E-state index is -0.883. The number of aliphatic carboxylic acids is 1. The molecule has 2 saturated heterocycles. The lowest BCUT2D eigenvalue weighted by atomic mass is 9.76. The van der Waals surface area contributed by atoms with Crippen molar-refractivity contribution in [2.24, 2.45) is 5.41 Å². The van der Waals surface area contributed by atoms with Crippen molar-refractivity contribution in [3.63, 3.8) is 0 Å². The first-order chi connectivity index (χ1) is 11.4. The van der Waals surface area contributed by atoms with Crippen LogP contribution < -0.4 is 5.32 Å². The molecule has 3 rings (SSSR count). The van der Waals surface area contributed by atoms with E-state index in [9.17, 15) is 14.7 Å². The Morgan fingerprint density at radius 2 is 2.17 bits per heavy atom. The molecule has 0 aromatic carbocycles. The molecule has 0 aliphatic carbocycles. The third-order valence-corrected chi connectivity index (χ3v) is 6.17. The smallest absolute Gasteiger partial charge is 0.326 e. The number of piperidine rings is 1. The van der Waals surface area contributed by atoms with E-state index in [0.717, 1.165) is 43.3 Å². The molecule has 1 atom stereocenters. The van der Waals surface area contributed by atoms with Crippen molar-refractivity contribution in [1.82, 2.24) is 14.8 Å². The Morgan fingerprint density at radius 1 is 1.46 bits per heavy atom. The van der Waals surface area contributed by atoms with Crippen molar-refractivity contribution in [3.05, 3.63) is 11.1 Å². The van der Waals surface area contributed by atoms with Gasteiger partial charge in [0.2, 0.25) is 5.91 Å². The maximum atomic E-state index is 11.8. The molecular formula is C16H24N4O3S. The number of carboxylic acids is 1. The highest BCUT2D eigenvalue weighted by molar-refractivity contribution is 7.13. The number of carboxylic acid groups (broad SMARTS) is 1. The van der Waals surface area contributed by atoms with Gasteiger partial charge in [-0.3, -0.25) is 9.69 Å². The molecule has 3 heterocycles. The van der Waals surface area contributed by atoms with Gasteiger partial charge in [0.15, 0.2) is 5.13 Å². The van der Waals surface area contributed by atoms with Crippen LogP contribution in [0, 0.1) is 5.41 Å². The summed E-state index contributed by atoms with van der Waals surface area (Å²) in [5.41, 5.74) is 1.03. The Labute approximate surface area is 145 Å². The second-order valence-electron chi connectivity index (χ2n) is 6.88. The zero-order valence-electron chi connectivity index (χ0n) is 14.1. The average molecular weight is 352 g/mol. The fourth-order valence-electron chi connectivity index (χ4n) is 3.88. The SMILES string of the molecule is CNc1nc(CN2CCC3(CC2)C[C@@H](C(=O)O)N(C(C)=O)C3)cs1. The average Bonchev–Trinajstić information content (AvgIpc) is 3.15. The summed E-state index contributed by atoms with van der Waals surface area (Å²) in [6.07, 6.45) is 2.45. The summed E-state index contributed by atoms with van der Waals surface area (Å²) in [6, 6.07) is -0.661. The molecule has 2 N–H and O–H groups in total. The fourth-order valence-corrected chi connectivity index (χ4v) is 4.54. The molecule has 0 bridgehead atoms. The first kappa shape index (κ1) is 17.2. The molecule has 1 aromatic rings. The molecule has 2 fully saturated rings. The second-order valence-corrected chi connectivity index (χ2v) is 7.73. The van der Waals surface area contributed by atoms with Gasteiger partial charge in [-0.1, -0.05) is 0 Å². The predicted octanol–water partition coefficient (Wildman–Crippen LogP) is 1.47. The lowest BCUT2D eigenvalue weighted by Crippen LogP contribution is -2.42. The van der Waals surface area contributed by atoms with E-state index in [1.807, 2.05) is 7.05 Å². The lowest BCUT2D eigenvalue weighted by Gasteiger charge is -2.38. The maximum absolute atomic E-state index is 11.8. The van der Waals surface area contributed by atoms with Crippen LogP contribution in [0.4, 0.5) is 5.13 Å². The number of nitrogens with zero attached hydrogens (tertiary/aromatic N) is 3. The van der Waals surface area contributed by atoms with Crippen LogP contribution in [0.15, 0.2) is 5.38 Å². The van der Waals surface area contributed by atoms with E-state index in [1.165, 1.54) is 11.8 Å². The van der Waals surface area contributed by atoms with E-state index in [2.05, 4.69) is 20.6 Å². The molecule has 1 spiro atoms. The number of thiazole rings is 1. The number of likely N-dealkylation sites (tertiary alicyclic amines) is 2. The van der Waals surface area contributed by atoms with Gasteiger partial charge in [-0.05, 0) is 37.8 Å². The van der Waals surface area contributed by atoms with Gasteiger partial charge >= 0.3 is 5.97 Å². The van der Waals surface area contributed by atoms with Crippen LogP contribution in [0.25, 0.3) is 0 Å². The Kier molecular flexibility index (Phi) is 4.78. The van der Waals surface area contributed by atoms with E-state index in [1.54, 1.807) is 11.3 Å². The van der Waals surface area contributed by atoms with E-state index < -0.39 is 12.0 Å². The highest BCUT2D eigenvalue weighted by atomic mass is 32.1. The summed E-state index contributed by atoms with van der Waals surface area (Å²) in [5, 5.41) is 15.5. The summed E-state index contributed by atoms with van der Waals surface area (Å²) >= 11 is 1.61. The molecule has 2 aliphatic rings. The fraction of sp³-hybridized carbons (Fsp3) is 0.688. The second kappa shape index (κ2) is 6.68. The van der Waals surface area contributed by atoms with E-state index >= 15 is 0 Å². The number of nitrogens with one attached hydrogen (secondary N) is 1. The maximum Gasteiger partial charge on any atom is 0.326 e. The van der Waals surface area contributed by atoms with Gasteiger partial charge in [0.25, 0.3) is 0 Å². The zero-order chi connectivity index (χ0) is 17.3. The van der Waals surface area contributed by atoms with Crippen molar-refractivity contribution < 1.29 is 14.7 Å². The molecule has 2 aliphatic heterocycles. The van der Waals surface area contributed by atoms with Crippen molar-refractivity contribution in [2.45, 2.75) is 38.8 Å². The first-order valence-corrected chi connectivity index (χ1v) is 9.15.